The zero-order valence-corrected chi connectivity index (χ0v) is 8.69. The van der Waals surface area contributed by atoms with Gasteiger partial charge in [-0.3, -0.25) is 4.99 Å². The van der Waals surface area contributed by atoms with Gasteiger partial charge in [-0.05, 0) is 19.1 Å². The molecule has 0 bridgehead atoms. The lowest BCUT2D eigenvalue weighted by Gasteiger charge is -2.09. The zero-order chi connectivity index (χ0) is 9.26. The van der Waals surface area contributed by atoms with E-state index < -0.39 is 0 Å². The van der Waals surface area contributed by atoms with Gasteiger partial charge in [0.2, 0.25) is 0 Å². The van der Waals surface area contributed by atoms with Gasteiger partial charge < -0.3 is 5.32 Å². The molecule has 1 aliphatic rings. The van der Waals surface area contributed by atoms with Crippen molar-refractivity contribution in [3.05, 3.63) is 33.1 Å². The molecule has 0 amide bonds. The highest BCUT2D eigenvalue weighted by Crippen LogP contribution is 2.34. The van der Waals surface area contributed by atoms with E-state index in [-0.39, 0.29) is 6.04 Å². The molecule has 13 heavy (non-hydrogen) atoms. The minimum absolute atomic E-state index is 0.0902. The molecule has 0 saturated carbocycles. The second kappa shape index (κ2) is 3.52. The summed E-state index contributed by atoms with van der Waals surface area (Å²) < 4.78 is 0. The molecule has 1 aromatic heterocycles. The molecule has 1 atom stereocenters. The number of nitrogens with zero attached hydrogens (tertiary/aromatic N) is 1. The molecule has 0 spiro atoms. The maximum absolute atomic E-state index is 6.06. The quantitative estimate of drug-likeness (QED) is 0.761. The summed E-state index contributed by atoms with van der Waals surface area (Å²) >= 11 is 7.76. The van der Waals surface area contributed by atoms with E-state index in [4.69, 9.17) is 11.6 Å². The summed E-state index contributed by atoms with van der Waals surface area (Å²) in [6.07, 6.45) is 5.57. The number of aryl methyl sites for hydroxylation is 1. The molecule has 1 unspecified atom stereocenters. The summed E-state index contributed by atoms with van der Waals surface area (Å²) in [5, 5.41) is 3.72. The predicted octanol–water partition coefficient (Wildman–Crippen LogP) is 2.90. The van der Waals surface area contributed by atoms with Crippen molar-refractivity contribution in [2.75, 3.05) is 0 Å². The maximum Gasteiger partial charge on any atom is 0.107 e. The molecule has 2 rings (SSSR count). The Morgan fingerprint density at radius 2 is 2.46 bits per heavy atom. The summed E-state index contributed by atoms with van der Waals surface area (Å²) in [6, 6.07) is 2.07. The Kier molecular flexibility index (Phi) is 2.38. The van der Waals surface area contributed by atoms with Crippen LogP contribution in [0.25, 0.3) is 0 Å². The lowest BCUT2D eigenvalue weighted by atomic mass is 10.2. The van der Waals surface area contributed by atoms with E-state index in [0.717, 1.165) is 9.90 Å². The van der Waals surface area contributed by atoms with E-state index in [1.54, 1.807) is 17.7 Å². The summed E-state index contributed by atoms with van der Waals surface area (Å²) in [5.74, 6) is 0. The molecular weight excluding hydrogens is 204 g/mol. The monoisotopic (exact) mass is 212 g/mol. The number of halogens is 1. The van der Waals surface area contributed by atoms with Crippen LogP contribution in [0.3, 0.4) is 0 Å². The van der Waals surface area contributed by atoms with Gasteiger partial charge in [0.05, 0.1) is 16.2 Å². The Hall–Kier alpha value is -0.800. The fraction of sp³-hybridized carbons (Fsp3) is 0.222. The Balaban J connectivity index is 2.33. The van der Waals surface area contributed by atoms with E-state index in [1.165, 1.54) is 4.88 Å². The number of rotatable bonds is 1. The molecule has 1 aromatic rings. The van der Waals surface area contributed by atoms with Crippen molar-refractivity contribution in [2.24, 2.45) is 4.99 Å². The van der Waals surface area contributed by atoms with E-state index >= 15 is 0 Å². The van der Waals surface area contributed by atoms with Gasteiger partial charge in [0.15, 0.2) is 0 Å². The normalized spacial score (nSPS) is 20.3. The van der Waals surface area contributed by atoms with Crippen LogP contribution in [0.2, 0.25) is 5.02 Å². The molecule has 0 aliphatic carbocycles. The number of nitrogens with one attached hydrogen (secondary N) is 1. The fourth-order valence-electron chi connectivity index (χ4n) is 1.22. The van der Waals surface area contributed by atoms with Gasteiger partial charge in [-0.2, -0.15) is 0 Å². The van der Waals surface area contributed by atoms with Crippen LogP contribution >= 0.6 is 22.9 Å². The molecule has 0 aromatic carbocycles. The standard InChI is InChI=1S/C9H9ClN2S/c1-6-4-7(10)9(13-6)8-2-3-11-5-12-8/h2-5,8H,1H3,(H,11,12). The Bertz CT molecular complexity index is 356. The third-order valence-electron chi connectivity index (χ3n) is 1.79. The Labute approximate surface area is 85.9 Å². The van der Waals surface area contributed by atoms with Gasteiger partial charge in [0.25, 0.3) is 0 Å². The largest absolute Gasteiger partial charge is 0.353 e. The van der Waals surface area contributed by atoms with Crippen molar-refractivity contribution in [3.63, 3.8) is 0 Å². The number of hydrogen-bond acceptors (Lipinski definition) is 3. The van der Waals surface area contributed by atoms with Crippen molar-refractivity contribution < 1.29 is 0 Å². The second-order valence-electron chi connectivity index (χ2n) is 2.82. The van der Waals surface area contributed by atoms with Crippen LogP contribution in [0, 0.1) is 6.92 Å². The molecule has 0 fully saturated rings. The lowest BCUT2D eigenvalue weighted by molar-refractivity contribution is 0.905. The van der Waals surface area contributed by atoms with Crippen LogP contribution in [0.15, 0.2) is 23.3 Å². The van der Waals surface area contributed by atoms with E-state index in [1.807, 2.05) is 18.3 Å². The first-order chi connectivity index (χ1) is 6.27. The molecule has 0 radical (unpaired) electrons. The van der Waals surface area contributed by atoms with E-state index in [0.29, 0.717) is 0 Å². The van der Waals surface area contributed by atoms with Crippen molar-refractivity contribution in [3.8, 4) is 0 Å². The van der Waals surface area contributed by atoms with Crippen molar-refractivity contribution in [1.82, 2.24) is 5.32 Å². The molecule has 4 heteroatoms. The maximum atomic E-state index is 6.06. The predicted molar refractivity (Wildman–Crippen MR) is 57.6 cm³/mol. The van der Waals surface area contributed by atoms with Gasteiger partial charge in [0, 0.05) is 11.1 Å². The third-order valence-corrected chi connectivity index (χ3v) is 3.34. The van der Waals surface area contributed by atoms with Gasteiger partial charge in [-0.15, -0.1) is 11.3 Å². The van der Waals surface area contributed by atoms with Crippen LogP contribution in [0.5, 0.6) is 0 Å². The smallest absolute Gasteiger partial charge is 0.107 e. The van der Waals surface area contributed by atoms with Gasteiger partial charge >= 0.3 is 0 Å². The molecular formula is C9H9ClN2S. The molecule has 68 valence electrons. The van der Waals surface area contributed by atoms with Gasteiger partial charge in [-0.25, -0.2) is 0 Å². The van der Waals surface area contributed by atoms with E-state index in [2.05, 4.69) is 17.2 Å². The minimum Gasteiger partial charge on any atom is -0.353 e. The highest BCUT2D eigenvalue weighted by molar-refractivity contribution is 7.12. The first-order valence-electron chi connectivity index (χ1n) is 3.97. The van der Waals surface area contributed by atoms with Crippen LogP contribution < -0.4 is 5.32 Å². The van der Waals surface area contributed by atoms with Crippen molar-refractivity contribution in [2.45, 2.75) is 13.0 Å². The van der Waals surface area contributed by atoms with E-state index in [9.17, 15) is 0 Å². The van der Waals surface area contributed by atoms with Crippen molar-refractivity contribution in [1.29, 1.82) is 0 Å². The summed E-state index contributed by atoms with van der Waals surface area (Å²) in [5.41, 5.74) is 0. The molecule has 1 N–H and O–H groups in total. The first-order valence-corrected chi connectivity index (χ1v) is 5.17. The molecule has 1 aliphatic heterocycles. The third kappa shape index (κ3) is 1.76. The molecule has 0 saturated heterocycles. The van der Waals surface area contributed by atoms with Crippen LogP contribution in [0.1, 0.15) is 15.8 Å². The topological polar surface area (TPSA) is 24.4 Å². The van der Waals surface area contributed by atoms with Gasteiger partial charge in [0.1, 0.15) is 6.04 Å². The lowest BCUT2D eigenvalue weighted by Crippen LogP contribution is -2.07. The van der Waals surface area contributed by atoms with Crippen LogP contribution in [-0.4, -0.2) is 6.34 Å². The summed E-state index contributed by atoms with van der Waals surface area (Å²) in [7, 11) is 0. The molecule has 2 nitrogen and oxygen atoms in total. The number of thiophene rings is 1. The summed E-state index contributed by atoms with van der Waals surface area (Å²) in [6.45, 7) is 2.05. The van der Waals surface area contributed by atoms with Crippen molar-refractivity contribution >= 4 is 29.3 Å². The fourth-order valence-corrected chi connectivity index (χ4v) is 2.62. The molecule has 2 heterocycles. The highest BCUT2D eigenvalue weighted by atomic mass is 35.5. The number of aliphatic imine (C=N–C) groups is 1. The SMILES string of the molecule is Cc1cc(Cl)c(C2C=CNC=N2)s1. The highest BCUT2D eigenvalue weighted by Gasteiger charge is 2.14. The Morgan fingerprint density at radius 1 is 1.62 bits per heavy atom. The van der Waals surface area contributed by atoms with Gasteiger partial charge in [-0.1, -0.05) is 11.6 Å². The average Bonchev–Trinajstić information content (AvgIpc) is 2.47. The number of hydrogen-bond donors (Lipinski definition) is 1. The minimum atomic E-state index is 0.0902. The first kappa shape index (κ1) is 8.78. The zero-order valence-electron chi connectivity index (χ0n) is 7.12. The second-order valence-corrected chi connectivity index (χ2v) is 4.51. The Morgan fingerprint density at radius 3 is 3.00 bits per heavy atom. The van der Waals surface area contributed by atoms with Crippen LogP contribution in [-0.2, 0) is 0 Å². The van der Waals surface area contributed by atoms with Crippen LogP contribution in [0.4, 0.5) is 0 Å². The summed E-state index contributed by atoms with van der Waals surface area (Å²) in [4.78, 5) is 6.62. The average molecular weight is 213 g/mol.